The van der Waals surface area contributed by atoms with E-state index in [9.17, 15) is 8.42 Å². The molecule has 1 saturated heterocycles. The molecule has 1 aromatic carbocycles. The van der Waals surface area contributed by atoms with Gasteiger partial charge in [0, 0.05) is 25.7 Å². The molecule has 0 bridgehead atoms. The highest BCUT2D eigenvalue weighted by atomic mass is 32.2. The zero-order valence-electron chi connectivity index (χ0n) is 10.1. The van der Waals surface area contributed by atoms with Crippen LogP contribution >= 0.6 is 0 Å². The highest BCUT2D eigenvalue weighted by Gasteiger charge is 2.32. The Balaban J connectivity index is 2.45. The van der Waals surface area contributed by atoms with Gasteiger partial charge in [0.2, 0.25) is 10.0 Å². The first-order valence-electron chi connectivity index (χ1n) is 5.79. The second-order valence-electron chi connectivity index (χ2n) is 4.28. The molecule has 6 heteroatoms. The Morgan fingerprint density at radius 2 is 2.17 bits per heavy atom. The van der Waals surface area contributed by atoms with Crippen LogP contribution in [0.2, 0.25) is 0 Å². The molecule has 1 aromatic rings. The van der Waals surface area contributed by atoms with Crippen LogP contribution in [0.3, 0.4) is 0 Å². The quantitative estimate of drug-likeness (QED) is 0.847. The third-order valence-electron chi connectivity index (χ3n) is 3.03. The van der Waals surface area contributed by atoms with E-state index in [0.717, 1.165) is 0 Å². The van der Waals surface area contributed by atoms with Crippen LogP contribution in [-0.4, -0.2) is 38.4 Å². The van der Waals surface area contributed by atoms with Crippen LogP contribution in [0.15, 0.2) is 29.2 Å². The van der Waals surface area contributed by atoms with Crippen LogP contribution in [0.25, 0.3) is 0 Å². The maximum Gasteiger partial charge on any atom is 0.244 e. The average molecular weight is 265 g/mol. The van der Waals surface area contributed by atoms with Crippen LogP contribution in [0, 0.1) is 11.3 Å². The number of sulfonamides is 1. The highest BCUT2D eigenvalue weighted by molar-refractivity contribution is 7.89. The van der Waals surface area contributed by atoms with E-state index in [4.69, 9.17) is 5.26 Å². The second-order valence-corrected chi connectivity index (χ2v) is 6.14. The summed E-state index contributed by atoms with van der Waals surface area (Å²) in [6.07, 6.45) is 0. The Kier molecular flexibility index (Phi) is 3.66. The van der Waals surface area contributed by atoms with E-state index in [1.807, 2.05) is 13.0 Å². The fourth-order valence-corrected chi connectivity index (χ4v) is 3.86. The lowest BCUT2D eigenvalue weighted by molar-refractivity contribution is 0.284. The molecule has 2 rings (SSSR count). The van der Waals surface area contributed by atoms with Gasteiger partial charge in [-0.1, -0.05) is 12.1 Å². The summed E-state index contributed by atoms with van der Waals surface area (Å²) >= 11 is 0. The van der Waals surface area contributed by atoms with Gasteiger partial charge in [0.1, 0.15) is 6.07 Å². The SMILES string of the molecule is C[C@@H]1CNCCN1S(=O)(=O)c1ccccc1C#N. The fraction of sp³-hybridized carbons (Fsp3) is 0.417. The van der Waals surface area contributed by atoms with Crippen LogP contribution < -0.4 is 5.32 Å². The lowest BCUT2D eigenvalue weighted by Crippen LogP contribution is -2.52. The minimum absolute atomic E-state index is 0.0984. The van der Waals surface area contributed by atoms with Gasteiger partial charge in [-0.2, -0.15) is 9.57 Å². The summed E-state index contributed by atoms with van der Waals surface area (Å²) in [6, 6.07) is 8.15. The number of rotatable bonds is 2. The topological polar surface area (TPSA) is 73.2 Å². The van der Waals surface area contributed by atoms with Gasteiger partial charge in [-0.3, -0.25) is 0 Å². The summed E-state index contributed by atoms with van der Waals surface area (Å²) in [6.45, 7) is 3.56. The van der Waals surface area contributed by atoms with E-state index in [-0.39, 0.29) is 16.5 Å². The Morgan fingerprint density at radius 3 is 2.83 bits per heavy atom. The molecule has 18 heavy (non-hydrogen) atoms. The van der Waals surface area contributed by atoms with Gasteiger partial charge in [-0.15, -0.1) is 0 Å². The minimum Gasteiger partial charge on any atom is -0.314 e. The zero-order chi connectivity index (χ0) is 13.2. The minimum atomic E-state index is -3.58. The van der Waals surface area contributed by atoms with Crippen molar-refractivity contribution < 1.29 is 8.42 Å². The van der Waals surface area contributed by atoms with E-state index in [1.54, 1.807) is 12.1 Å². The van der Waals surface area contributed by atoms with Crippen molar-refractivity contribution in [3.63, 3.8) is 0 Å². The number of hydrogen-bond acceptors (Lipinski definition) is 4. The van der Waals surface area contributed by atoms with Crippen molar-refractivity contribution in [2.24, 2.45) is 0 Å². The molecule has 0 amide bonds. The summed E-state index contributed by atoms with van der Waals surface area (Å²) in [4.78, 5) is 0.0984. The number of piperazine rings is 1. The first kappa shape index (κ1) is 13.0. The average Bonchev–Trinajstić information content (AvgIpc) is 2.39. The van der Waals surface area contributed by atoms with Gasteiger partial charge in [-0.25, -0.2) is 8.42 Å². The number of hydrogen-bond donors (Lipinski definition) is 1. The molecule has 0 spiro atoms. The normalized spacial score (nSPS) is 21.4. The molecule has 0 aromatic heterocycles. The molecule has 1 aliphatic rings. The van der Waals surface area contributed by atoms with Crippen molar-refractivity contribution in [2.75, 3.05) is 19.6 Å². The predicted molar refractivity (Wildman–Crippen MR) is 67.4 cm³/mol. The maximum atomic E-state index is 12.5. The highest BCUT2D eigenvalue weighted by Crippen LogP contribution is 2.22. The van der Waals surface area contributed by atoms with Crippen LogP contribution in [-0.2, 0) is 10.0 Å². The van der Waals surface area contributed by atoms with Crippen molar-refractivity contribution in [3.8, 4) is 6.07 Å². The summed E-state index contributed by atoms with van der Waals surface area (Å²) in [7, 11) is -3.58. The Bertz CT molecular complexity index is 577. The number of benzene rings is 1. The van der Waals surface area contributed by atoms with Gasteiger partial charge < -0.3 is 5.32 Å². The fourth-order valence-electron chi connectivity index (χ4n) is 2.09. The van der Waals surface area contributed by atoms with Gasteiger partial charge in [0.25, 0.3) is 0 Å². The molecular formula is C12H15N3O2S. The van der Waals surface area contributed by atoms with Crippen LogP contribution in [0.1, 0.15) is 12.5 Å². The monoisotopic (exact) mass is 265 g/mol. The van der Waals surface area contributed by atoms with Crippen molar-refractivity contribution in [1.82, 2.24) is 9.62 Å². The molecule has 1 fully saturated rings. The molecule has 1 heterocycles. The van der Waals surface area contributed by atoms with Gasteiger partial charge in [0.15, 0.2) is 0 Å². The van der Waals surface area contributed by atoms with E-state index in [0.29, 0.717) is 19.6 Å². The standard InChI is InChI=1S/C12H15N3O2S/c1-10-9-14-6-7-15(10)18(16,17)12-5-3-2-4-11(12)8-13/h2-5,10,14H,6-7,9H2,1H3/t10-/m1/s1. The third kappa shape index (κ3) is 2.25. The van der Waals surface area contributed by atoms with E-state index < -0.39 is 10.0 Å². The largest absolute Gasteiger partial charge is 0.314 e. The zero-order valence-corrected chi connectivity index (χ0v) is 10.9. The molecule has 96 valence electrons. The molecule has 1 atom stereocenters. The number of nitrogens with zero attached hydrogens (tertiary/aromatic N) is 2. The van der Waals surface area contributed by atoms with Gasteiger partial charge in [-0.05, 0) is 19.1 Å². The van der Waals surface area contributed by atoms with E-state index in [2.05, 4.69) is 5.32 Å². The summed E-state index contributed by atoms with van der Waals surface area (Å²) < 4.78 is 26.5. The molecule has 1 N–H and O–H groups in total. The first-order chi connectivity index (χ1) is 8.57. The first-order valence-corrected chi connectivity index (χ1v) is 7.23. The smallest absolute Gasteiger partial charge is 0.244 e. The van der Waals surface area contributed by atoms with Gasteiger partial charge in [0.05, 0.1) is 10.5 Å². The lowest BCUT2D eigenvalue weighted by Gasteiger charge is -2.33. The summed E-state index contributed by atoms with van der Waals surface area (Å²) in [5, 5.41) is 12.1. The summed E-state index contributed by atoms with van der Waals surface area (Å²) in [5.74, 6) is 0. The Labute approximate surface area is 107 Å². The number of nitriles is 1. The van der Waals surface area contributed by atoms with Crippen LogP contribution in [0.4, 0.5) is 0 Å². The van der Waals surface area contributed by atoms with Crippen molar-refractivity contribution in [2.45, 2.75) is 17.9 Å². The van der Waals surface area contributed by atoms with Crippen molar-refractivity contribution in [3.05, 3.63) is 29.8 Å². The second kappa shape index (κ2) is 5.06. The van der Waals surface area contributed by atoms with Crippen LogP contribution in [0.5, 0.6) is 0 Å². The van der Waals surface area contributed by atoms with Crippen molar-refractivity contribution >= 4 is 10.0 Å². The molecular weight excluding hydrogens is 250 g/mol. The molecule has 1 aliphatic heterocycles. The molecule has 5 nitrogen and oxygen atoms in total. The predicted octanol–water partition coefficient (Wildman–Crippen LogP) is 0.541. The van der Waals surface area contributed by atoms with E-state index in [1.165, 1.54) is 16.4 Å². The molecule has 0 unspecified atom stereocenters. The molecule has 0 saturated carbocycles. The molecule has 0 aliphatic carbocycles. The Morgan fingerprint density at radius 1 is 1.44 bits per heavy atom. The Hall–Kier alpha value is -1.42. The van der Waals surface area contributed by atoms with E-state index >= 15 is 0 Å². The third-order valence-corrected chi connectivity index (χ3v) is 5.11. The summed E-state index contributed by atoms with van der Waals surface area (Å²) in [5.41, 5.74) is 0.197. The lowest BCUT2D eigenvalue weighted by atomic mass is 10.2. The molecule has 0 radical (unpaired) electrons. The number of nitrogens with one attached hydrogen (secondary N) is 1. The van der Waals surface area contributed by atoms with Crippen molar-refractivity contribution in [1.29, 1.82) is 5.26 Å². The maximum absolute atomic E-state index is 12.5. The van der Waals surface area contributed by atoms with Gasteiger partial charge >= 0.3 is 0 Å².